The first kappa shape index (κ1) is 17.5. The number of hydrogen-bond donors (Lipinski definition) is 1. The van der Waals surface area contributed by atoms with Crippen molar-refractivity contribution in [3.8, 4) is 11.5 Å². The Hall–Kier alpha value is -3.86. The first-order chi connectivity index (χ1) is 13.7. The van der Waals surface area contributed by atoms with Crippen molar-refractivity contribution < 1.29 is 9.53 Å². The lowest BCUT2D eigenvalue weighted by Gasteiger charge is -2.10. The summed E-state index contributed by atoms with van der Waals surface area (Å²) >= 11 is 0. The van der Waals surface area contributed by atoms with E-state index in [9.17, 15) is 9.59 Å². The van der Waals surface area contributed by atoms with E-state index in [2.05, 4.69) is 5.32 Å². The number of pyridine rings is 1. The summed E-state index contributed by atoms with van der Waals surface area (Å²) in [6, 6.07) is 25.7. The molecule has 0 fully saturated rings. The van der Waals surface area contributed by atoms with Crippen LogP contribution in [0, 0.1) is 0 Å². The van der Waals surface area contributed by atoms with Crippen LogP contribution in [0.2, 0.25) is 0 Å². The zero-order chi connectivity index (χ0) is 19.3. The van der Waals surface area contributed by atoms with Crippen LogP contribution in [-0.4, -0.2) is 10.5 Å². The summed E-state index contributed by atoms with van der Waals surface area (Å²) in [4.78, 5) is 24.8. The normalized spacial score (nSPS) is 10.6. The number of carbonyl (C=O) groups is 1. The number of anilines is 1. The van der Waals surface area contributed by atoms with Crippen LogP contribution in [0.1, 0.15) is 0 Å². The van der Waals surface area contributed by atoms with Crippen LogP contribution in [0.5, 0.6) is 11.5 Å². The van der Waals surface area contributed by atoms with Crippen molar-refractivity contribution in [2.75, 3.05) is 5.32 Å². The van der Waals surface area contributed by atoms with Gasteiger partial charge in [0, 0.05) is 17.3 Å². The maximum absolute atomic E-state index is 12.5. The fourth-order valence-electron chi connectivity index (χ4n) is 2.94. The summed E-state index contributed by atoms with van der Waals surface area (Å²) in [6.07, 6.45) is 1.64. The van der Waals surface area contributed by atoms with Gasteiger partial charge in [-0.1, -0.05) is 36.4 Å². The molecule has 5 heteroatoms. The second kappa shape index (κ2) is 7.80. The molecule has 3 aromatic carbocycles. The summed E-state index contributed by atoms with van der Waals surface area (Å²) in [7, 11) is 0. The first-order valence-electron chi connectivity index (χ1n) is 8.90. The predicted molar refractivity (Wildman–Crippen MR) is 110 cm³/mol. The van der Waals surface area contributed by atoms with Gasteiger partial charge in [0.1, 0.15) is 18.0 Å². The zero-order valence-corrected chi connectivity index (χ0v) is 15.0. The van der Waals surface area contributed by atoms with Crippen LogP contribution in [0.25, 0.3) is 10.8 Å². The number of amides is 1. The van der Waals surface area contributed by atoms with Gasteiger partial charge >= 0.3 is 0 Å². The number of benzene rings is 3. The van der Waals surface area contributed by atoms with Crippen molar-refractivity contribution in [1.82, 2.24) is 4.57 Å². The number of carbonyl (C=O) groups excluding carboxylic acids is 1. The van der Waals surface area contributed by atoms with E-state index >= 15 is 0 Å². The van der Waals surface area contributed by atoms with E-state index in [-0.39, 0.29) is 18.0 Å². The lowest BCUT2D eigenvalue weighted by Crippen LogP contribution is -2.27. The number of para-hydroxylation sites is 1. The zero-order valence-electron chi connectivity index (χ0n) is 15.0. The van der Waals surface area contributed by atoms with E-state index in [0.29, 0.717) is 16.8 Å². The van der Waals surface area contributed by atoms with Gasteiger partial charge in [-0.15, -0.1) is 0 Å². The highest BCUT2D eigenvalue weighted by Gasteiger charge is 2.08. The van der Waals surface area contributed by atoms with Gasteiger partial charge in [-0.05, 0) is 53.9 Å². The highest BCUT2D eigenvalue weighted by atomic mass is 16.5. The van der Waals surface area contributed by atoms with Crippen LogP contribution in [0.15, 0.2) is 95.9 Å². The van der Waals surface area contributed by atoms with Gasteiger partial charge in [-0.2, -0.15) is 0 Å². The van der Waals surface area contributed by atoms with E-state index < -0.39 is 0 Å². The van der Waals surface area contributed by atoms with Gasteiger partial charge in [-0.25, -0.2) is 0 Å². The first-order valence-corrected chi connectivity index (χ1v) is 8.90. The molecule has 4 aromatic rings. The summed E-state index contributed by atoms with van der Waals surface area (Å²) in [5.74, 6) is 1.15. The summed E-state index contributed by atoms with van der Waals surface area (Å²) in [5.41, 5.74) is 0.458. The highest BCUT2D eigenvalue weighted by Crippen LogP contribution is 2.22. The Bertz CT molecular complexity index is 1170. The summed E-state index contributed by atoms with van der Waals surface area (Å²) < 4.78 is 7.14. The van der Waals surface area contributed by atoms with Gasteiger partial charge in [0.15, 0.2) is 0 Å². The topological polar surface area (TPSA) is 60.3 Å². The molecule has 0 aliphatic heterocycles. The minimum Gasteiger partial charge on any atom is -0.457 e. The molecule has 0 bridgehead atoms. The van der Waals surface area contributed by atoms with E-state index in [1.165, 1.54) is 4.57 Å². The molecule has 138 valence electrons. The molecule has 0 saturated heterocycles. The van der Waals surface area contributed by atoms with Crippen molar-refractivity contribution in [3.05, 3.63) is 101 Å². The van der Waals surface area contributed by atoms with Crippen LogP contribution >= 0.6 is 0 Å². The fraction of sp³-hybridized carbons (Fsp3) is 0.0435. The standard InChI is InChI=1S/C23H18N2O3/c26-22(16-25-15-14-17-6-4-5-9-21(17)23(25)27)24-18-10-12-20(13-11-18)28-19-7-2-1-3-8-19/h1-15H,16H2,(H,24,26). The second-order valence-corrected chi connectivity index (χ2v) is 6.32. The monoisotopic (exact) mass is 370 g/mol. The molecule has 0 atom stereocenters. The Kier molecular flexibility index (Phi) is 4.89. The molecule has 1 N–H and O–H groups in total. The van der Waals surface area contributed by atoms with E-state index in [1.807, 2.05) is 54.6 Å². The molecule has 1 aromatic heterocycles. The molecule has 0 radical (unpaired) electrons. The van der Waals surface area contributed by atoms with Gasteiger partial charge in [0.2, 0.25) is 5.91 Å². The minimum atomic E-state index is -0.269. The molecule has 0 saturated carbocycles. The van der Waals surface area contributed by atoms with Crippen LogP contribution in [0.3, 0.4) is 0 Å². The van der Waals surface area contributed by atoms with Crippen molar-refractivity contribution in [2.45, 2.75) is 6.54 Å². The number of hydrogen-bond acceptors (Lipinski definition) is 3. The molecule has 1 amide bonds. The summed E-state index contributed by atoms with van der Waals surface area (Å²) in [6.45, 7) is -0.0497. The molecule has 1 heterocycles. The predicted octanol–water partition coefficient (Wildman–Crippen LogP) is 4.43. The molecular formula is C23H18N2O3. The third kappa shape index (κ3) is 3.94. The Morgan fingerprint density at radius 2 is 1.50 bits per heavy atom. The average molecular weight is 370 g/mol. The lowest BCUT2D eigenvalue weighted by atomic mass is 10.2. The third-order valence-corrected chi connectivity index (χ3v) is 4.32. The summed E-state index contributed by atoms with van der Waals surface area (Å²) in [5, 5.41) is 4.26. The molecule has 0 spiro atoms. The molecule has 28 heavy (non-hydrogen) atoms. The van der Waals surface area contributed by atoms with Gasteiger partial charge in [-0.3, -0.25) is 9.59 Å². The third-order valence-electron chi connectivity index (χ3n) is 4.32. The highest BCUT2D eigenvalue weighted by molar-refractivity contribution is 5.91. The second-order valence-electron chi connectivity index (χ2n) is 6.32. The maximum Gasteiger partial charge on any atom is 0.258 e. The maximum atomic E-state index is 12.5. The van der Waals surface area contributed by atoms with Gasteiger partial charge in [0.05, 0.1) is 0 Å². The Balaban J connectivity index is 1.43. The molecule has 5 nitrogen and oxygen atoms in total. The van der Waals surface area contributed by atoms with E-state index in [1.54, 1.807) is 36.5 Å². The van der Waals surface area contributed by atoms with Crippen LogP contribution < -0.4 is 15.6 Å². The number of nitrogens with one attached hydrogen (secondary N) is 1. The van der Waals surface area contributed by atoms with E-state index in [4.69, 9.17) is 4.74 Å². The number of aromatic nitrogens is 1. The molecular weight excluding hydrogens is 352 g/mol. The number of nitrogens with zero attached hydrogens (tertiary/aromatic N) is 1. The minimum absolute atomic E-state index is 0.0497. The largest absolute Gasteiger partial charge is 0.457 e. The average Bonchev–Trinajstić information content (AvgIpc) is 2.72. The van der Waals surface area contributed by atoms with Crippen LogP contribution in [-0.2, 0) is 11.3 Å². The van der Waals surface area contributed by atoms with Crippen LogP contribution in [0.4, 0.5) is 5.69 Å². The lowest BCUT2D eigenvalue weighted by molar-refractivity contribution is -0.116. The fourth-order valence-corrected chi connectivity index (χ4v) is 2.94. The Morgan fingerprint density at radius 1 is 0.821 bits per heavy atom. The quantitative estimate of drug-likeness (QED) is 0.565. The van der Waals surface area contributed by atoms with Crippen molar-refractivity contribution in [2.24, 2.45) is 0 Å². The molecule has 0 aliphatic carbocycles. The smallest absolute Gasteiger partial charge is 0.258 e. The van der Waals surface area contributed by atoms with Crippen molar-refractivity contribution in [3.63, 3.8) is 0 Å². The Labute approximate surface area is 161 Å². The SMILES string of the molecule is O=C(Cn1ccc2ccccc2c1=O)Nc1ccc(Oc2ccccc2)cc1. The molecule has 4 rings (SSSR count). The Morgan fingerprint density at radius 3 is 2.29 bits per heavy atom. The number of rotatable bonds is 5. The van der Waals surface area contributed by atoms with Gasteiger partial charge in [0.25, 0.3) is 5.56 Å². The number of fused-ring (bicyclic) bond motifs is 1. The van der Waals surface area contributed by atoms with Gasteiger partial charge < -0.3 is 14.6 Å². The van der Waals surface area contributed by atoms with Crippen molar-refractivity contribution in [1.29, 1.82) is 0 Å². The molecule has 0 unspecified atom stereocenters. The van der Waals surface area contributed by atoms with E-state index in [0.717, 1.165) is 11.1 Å². The van der Waals surface area contributed by atoms with Crippen molar-refractivity contribution >= 4 is 22.4 Å². The number of ether oxygens (including phenoxy) is 1. The molecule has 0 aliphatic rings.